The third-order valence-electron chi connectivity index (χ3n) is 6.21. The van der Waals surface area contributed by atoms with E-state index >= 15 is 0 Å². The number of phenolic OH excluding ortho intramolecular Hbond substituents is 1. The number of carbonyl (C=O) groups excluding carboxylic acids is 1. The summed E-state index contributed by atoms with van der Waals surface area (Å²) in [4.78, 5) is 15.0. The van der Waals surface area contributed by atoms with Crippen molar-refractivity contribution in [3.05, 3.63) is 35.1 Å². The van der Waals surface area contributed by atoms with Crippen molar-refractivity contribution >= 4 is 15.9 Å². The Balaban J connectivity index is 0.000000431. The predicted octanol–water partition coefficient (Wildman–Crippen LogP) is 1.52. The number of likely N-dealkylation sites (N-methyl/N-ethyl adjacent to an activating group) is 1. The minimum absolute atomic E-state index is 0.0205. The van der Waals surface area contributed by atoms with Crippen LogP contribution in [0.1, 0.15) is 24.0 Å². The number of piperidine rings is 1. The molecule has 29 heavy (non-hydrogen) atoms. The maximum absolute atomic E-state index is 12.6. The van der Waals surface area contributed by atoms with Gasteiger partial charge in [-0.2, -0.15) is 8.42 Å². The Hall–Kier alpha value is -2.10. The third-order valence-corrected chi connectivity index (χ3v) is 6.21. The number of likely N-dealkylation sites (tertiary alicyclic amines) is 1. The van der Waals surface area contributed by atoms with E-state index in [0.29, 0.717) is 30.2 Å². The van der Waals surface area contributed by atoms with Crippen LogP contribution in [0.15, 0.2) is 24.0 Å². The molecule has 0 unspecified atom stereocenters. The van der Waals surface area contributed by atoms with Gasteiger partial charge in [-0.25, -0.2) is 0 Å². The summed E-state index contributed by atoms with van der Waals surface area (Å²) in [7, 11) is 1.59. The number of hydrogen-bond donors (Lipinski definition) is 2. The fraction of sp³-hybridized carbons (Fsp3) is 0.550. The number of ketones is 1. The molecule has 0 saturated carbocycles. The van der Waals surface area contributed by atoms with Crippen LogP contribution in [0, 0.1) is 5.92 Å². The van der Waals surface area contributed by atoms with Gasteiger partial charge in [-0.1, -0.05) is 6.07 Å². The summed E-state index contributed by atoms with van der Waals surface area (Å²) in [6.45, 7) is 0.917. The van der Waals surface area contributed by atoms with Gasteiger partial charge in [-0.15, -0.1) is 0 Å². The average Bonchev–Trinajstić information content (AvgIpc) is 2.62. The molecule has 4 rings (SSSR count). The number of hydrogen-bond acceptors (Lipinski definition) is 7. The summed E-state index contributed by atoms with van der Waals surface area (Å²) in [5.74, 6) is 1.32. The highest BCUT2D eigenvalue weighted by atomic mass is 32.2. The van der Waals surface area contributed by atoms with E-state index in [2.05, 4.69) is 11.9 Å². The average molecular weight is 426 g/mol. The van der Waals surface area contributed by atoms with Crippen LogP contribution in [0.3, 0.4) is 0 Å². The second-order valence-corrected chi connectivity index (χ2v) is 9.37. The Bertz CT molecular complexity index is 948. The van der Waals surface area contributed by atoms with Crippen LogP contribution in [-0.4, -0.2) is 68.9 Å². The molecular weight excluding hydrogens is 398 g/mol. The van der Waals surface area contributed by atoms with Gasteiger partial charge in [-0.3, -0.25) is 9.35 Å². The first-order valence-electron chi connectivity index (χ1n) is 9.33. The van der Waals surface area contributed by atoms with Crippen LogP contribution in [0.5, 0.6) is 11.5 Å². The van der Waals surface area contributed by atoms with Crippen LogP contribution in [0.2, 0.25) is 0 Å². The highest BCUT2D eigenvalue weighted by Gasteiger charge is 2.56. The first-order valence-corrected chi connectivity index (χ1v) is 11.2. The molecule has 160 valence electrons. The molecule has 0 spiro atoms. The summed E-state index contributed by atoms with van der Waals surface area (Å²) in [6.07, 6.45) is 4.80. The van der Waals surface area contributed by atoms with Gasteiger partial charge in [0, 0.05) is 29.4 Å². The number of carbonyl (C=O) groups is 1. The number of Topliss-reactive ketones (excluding diaryl/α,β-unsaturated/α-hetero) is 1. The topological polar surface area (TPSA) is 113 Å². The number of allylic oxidation sites excluding steroid dienone is 1. The van der Waals surface area contributed by atoms with Crippen molar-refractivity contribution in [3.8, 4) is 11.5 Å². The standard InChI is InChI=1S/C19H23NO4.CH4O3S/c1-20-7-6-19-10-14(21)16(24-3)9-12(19)13(20)8-11-4-5-15(23-2)18(22)17(11)19;1-5(2,3)4/h4-5,9,12-13,22H,6-8,10H2,1-3H3;1H3,(H,2,3,4)/t12-,13+,19-;/m1./s1. The largest absolute Gasteiger partial charge is 0.504 e. The summed E-state index contributed by atoms with van der Waals surface area (Å²) >= 11 is 0. The minimum Gasteiger partial charge on any atom is -0.504 e. The van der Waals surface area contributed by atoms with Crippen LogP contribution in [0.4, 0.5) is 0 Å². The van der Waals surface area contributed by atoms with Crippen molar-refractivity contribution in [2.24, 2.45) is 5.92 Å². The molecule has 1 aromatic rings. The molecule has 2 aliphatic carbocycles. The molecule has 0 radical (unpaired) electrons. The molecular formula is C20H27NO7S. The molecule has 1 aliphatic heterocycles. The normalized spacial score (nSPS) is 28.3. The van der Waals surface area contributed by atoms with E-state index in [0.717, 1.165) is 30.5 Å². The fourth-order valence-corrected chi connectivity index (χ4v) is 5.03. The van der Waals surface area contributed by atoms with Gasteiger partial charge in [0.05, 0.1) is 20.5 Å². The molecule has 1 aromatic carbocycles. The molecule has 1 heterocycles. The summed E-state index contributed by atoms with van der Waals surface area (Å²) in [6, 6.07) is 4.18. The smallest absolute Gasteiger partial charge is 0.261 e. The third kappa shape index (κ3) is 3.86. The first kappa shape index (κ1) is 21.6. The van der Waals surface area contributed by atoms with E-state index < -0.39 is 10.1 Å². The Morgan fingerprint density at radius 1 is 1.24 bits per heavy atom. The number of aromatic hydroxyl groups is 1. The number of rotatable bonds is 2. The first-order chi connectivity index (χ1) is 13.5. The van der Waals surface area contributed by atoms with Crippen LogP contribution in [-0.2, 0) is 31.5 Å². The minimum atomic E-state index is -3.67. The highest BCUT2D eigenvalue weighted by molar-refractivity contribution is 7.85. The van der Waals surface area contributed by atoms with Crippen LogP contribution >= 0.6 is 0 Å². The van der Waals surface area contributed by atoms with Crippen molar-refractivity contribution in [1.82, 2.24) is 4.90 Å². The maximum atomic E-state index is 12.6. The van der Waals surface area contributed by atoms with Gasteiger partial charge in [0.2, 0.25) is 0 Å². The zero-order valence-corrected chi connectivity index (χ0v) is 17.8. The summed E-state index contributed by atoms with van der Waals surface area (Å²) < 4.78 is 36.5. The Kier molecular flexibility index (Phi) is 5.68. The molecule has 3 atom stereocenters. The molecule has 1 saturated heterocycles. The molecule has 2 bridgehead atoms. The number of fused-ring (bicyclic) bond motifs is 1. The summed E-state index contributed by atoms with van der Waals surface area (Å²) in [5, 5.41) is 10.9. The van der Waals surface area contributed by atoms with Crippen LogP contribution < -0.4 is 4.74 Å². The maximum Gasteiger partial charge on any atom is 0.261 e. The second kappa shape index (κ2) is 7.62. The molecule has 2 N–H and O–H groups in total. The zero-order valence-electron chi connectivity index (χ0n) is 17.0. The van der Waals surface area contributed by atoms with Gasteiger partial charge in [-0.05, 0) is 44.1 Å². The predicted molar refractivity (Wildman–Crippen MR) is 107 cm³/mol. The molecule has 3 aliphatic rings. The van der Waals surface area contributed by atoms with E-state index in [1.54, 1.807) is 14.2 Å². The van der Waals surface area contributed by atoms with Crippen molar-refractivity contribution in [2.45, 2.75) is 30.7 Å². The van der Waals surface area contributed by atoms with Crippen molar-refractivity contribution in [1.29, 1.82) is 0 Å². The zero-order chi connectivity index (χ0) is 21.6. The fourth-order valence-electron chi connectivity index (χ4n) is 5.03. The van der Waals surface area contributed by atoms with Gasteiger partial charge in [0.1, 0.15) is 0 Å². The quantitative estimate of drug-likeness (QED) is 0.686. The monoisotopic (exact) mass is 425 g/mol. The van der Waals surface area contributed by atoms with Gasteiger partial charge in [0.25, 0.3) is 10.1 Å². The van der Waals surface area contributed by atoms with Crippen LogP contribution in [0.25, 0.3) is 0 Å². The molecule has 9 heteroatoms. The molecule has 8 nitrogen and oxygen atoms in total. The van der Waals surface area contributed by atoms with Gasteiger partial charge >= 0.3 is 0 Å². The number of methoxy groups -OCH3 is 2. The number of phenols is 1. The highest BCUT2D eigenvalue weighted by Crippen LogP contribution is 2.57. The lowest BCUT2D eigenvalue weighted by molar-refractivity contribution is -0.122. The van der Waals surface area contributed by atoms with E-state index in [1.807, 2.05) is 18.2 Å². The lowest BCUT2D eigenvalue weighted by Crippen LogP contribution is -2.60. The lowest BCUT2D eigenvalue weighted by Gasteiger charge is -2.56. The molecule has 0 aromatic heterocycles. The van der Waals surface area contributed by atoms with Gasteiger partial charge < -0.3 is 19.5 Å². The Morgan fingerprint density at radius 3 is 2.48 bits per heavy atom. The van der Waals surface area contributed by atoms with E-state index in [1.165, 1.54) is 0 Å². The number of benzene rings is 1. The van der Waals surface area contributed by atoms with E-state index in [4.69, 9.17) is 14.0 Å². The second-order valence-electron chi connectivity index (χ2n) is 7.90. The Morgan fingerprint density at radius 2 is 1.90 bits per heavy atom. The SMILES string of the molecule is COC1=C[C@@H]2[C@@H]3Cc4ccc(OC)c(O)c4[C@]2(CCN3C)CC1=O.CS(=O)(=O)O. The van der Waals surface area contributed by atoms with E-state index in [9.17, 15) is 18.3 Å². The lowest BCUT2D eigenvalue weighted by atomic mass is 9.53. The number of nitrogens with zero attached hydrogens (tertiary/aromatic N) is 1. The molecule has 1 fully saturated rings. The summed E-state index contributed by atoms with van der Waals surface area (Å²) in [5.41, 5.74) is 1.68. The van der Waals surface area contributed by atoms with Crippen molar-refractivity contribution in [2.75, 3.05) is 34.1 Å². The van der Waals surface area contributed by atoms with Crippen molar-refractivity contribution in [3.63, 3.8) is 0 Å². The Labute approximate surface area is 170 Å². The number of ether oxygens (including phenoxy) is 2. The molecule has 0 amide bonds. The van der Waals surface area contributed by atoms with Crippen molar-refractivity contribution < 1.29 is 32.3 Å². The van der Waals surface area contributed by atoms with E-state index in [-0.39, 0.29) is 22.9 Å². The van der Waals surface area contributed by atoms with Gasteiger partial charge in [0.15, 0.2) is 23.0 Å².